The van der Waals surface area contributed by atoms with Crippen molar-refractivity contribution in [1.82, 2.24) is 14.5 Å². The molecular formula is C26H29N3O8. The number of nitrogens with zero attached hydrogens (tertiary/aromatic N) is 2. The van der Waals surface area contributed by atoms with Crippen molar-refractivity contribution >= 4 is 0 Å². The number of likely N-dealkylation sites (N-methyl/N-ethyl adjacent to an activating group) is 1. The van der Waals surface area contributed by atoms with Gasteiger partial charge in [0.05, 0.1) is 32.9 Å². The molecule has 0 saturated heterocycles. The second kappa shape index (κ2) is 9.74. The molecule has 37 heavy (non-hydrogen) atoms. The Hall–Kier alpha value is -4.12. The van der Waals surface area contributed by atoms with Crippen LogP contribution in [-0.4, -0.2) is 61.3 Å². The van der Waals surface area contributed by atoms with Crippen LogP contribution in [0.15, 0.2) is 33.9 Å². The molecule has 0 saturated carbocycles. The minimum absolute atomic E-state index is 0.0625. The van der Waals surface area contributed by atoms with E-state index in [0.29, 0.717) is 53.7 Å². The number of rotatable bonds is 7. The summed E-state index contributed by atoms with van der Waals surface area (Å²) in [5.41, 5.74) is 1.20. The zero-order valence-electron chi connectivity index (χ0n) is 21.1. The summed E-state index contributed by atoms with van der Waals surface area (Å²) in [6, 6.07) is 6.66. The van der Waals surface area contributed by atoms with E-state index in [9.17, 15) is 14.7 Å². The number of nitrogens with one attached hydrogen (secondary N) is 1. The Morgan fingerprint density at radius 2 is 1.84 bits per heavy atom. The minimum atomic E-state index is -0.692. The number of benzene rings is 2. The fraction of sp³-hybridized carbons (Fsp3) is 0.385. The van der Waals surface area contributed by atoms with E-state index in [4.69, 9.17) is 23.7 Å². The van der Waals surface area contributed by atoms with Crippen LogP contribution in [0, 0.1) is 0 Å². The quantitative estimate of drug-likeness (QED) is 0.489. The Morgan fingerprint density at radius 3 is 2.57 bits per heavy atom. The number of aromatic nitrogens is 2. The van der Waals surface area contributed by atoms with Gasteiger partial charge in [0.2, 0.25) is 18.4 Å². The molecule has 0 unspecified atom stereocenters. The lowest BCUT2D eigenvalue weighted by Crippen LogP contribution is -2.40. The maximum Gasteiger partial charge on any atom is 0.331 e. The first-order valence-corrected chi connectivity index (χ1v) is 11.8. The van der Waals surface area contributed by atoms with Gasteiger partial charge in [-0.25, -0.2) is 4.79 Å². The lowest BCUT2D eigenvalue weighted by Gasteiger charge is -2.36. The van der Waals surface area contributed by atoms with Crippen LogP contribution < -0.4 is 34.9 Å². The highest BCUT2D eigenvalue weighted by molar-refractivity contribution is 5.63. The van der Waals surface area contributed by atoms with E-state index in [0.717, 1.165) is 11.1 Å². The molecule has 0 radical (unpaired) electrons. The molecule has 11 nitrogen and oxygen atoms in total. The molecule has 196 valence electrons. The van der Waals surface area contributed by atoms with Gasteiger partial charge in [-0.15, -0.1) is 0 Å². The fourth-order valence-electron chi connectivity index (χ4n) is 5.10. The number of H-pyrrole nitrogens is 1. The first-order valence-electron chi connectivity index (χ1n) is 11.8. The van der Waals surface area contributed by atoms with E-state index in [1.807, 2.05) is 30.1 Å². The summed E-state index contributed by atoms with van der Waals surface area (Å²) in [6.45, 7) is 0.817. The number of ether oxygens (including phenoxy) is 5. The van der Waals surface area contributed by atoms with Gasteiger partial charge in [-0.3, -0.25) is 19.2 Å². The molecular weight excluding hydrogens is 482 g/mol. The average Bonchev–Trinajstić information content (AvgIpc) is 3.36. The van der Waals surface area contributed by atoms with Crippen molar-refractivity contribution in [1.29, 1.82) is 0 Å². The molecule has 0 bridgehead atoms. The number of aromatic amines is 1. The number of fused-ring (bicyclic) bond motifs is 2. The van der Waals surface area contributed by atoms with Gasteiger partial charge >= 0.3 is 5.69 Å². The molecule has 0 fully saturated rings. The van der Waals surface area contributed by atoms with E-state index < -0.39 is 23.2 Å². The minimum Gasteiger partial charge on any atom is -0.494 e. The number of aryl methyl sites for hydroxylation is 1. The van der Waals surface area contributed by atoms with Gasteiger partial charge in [-0.1, -0.05) is 6.07 Å². The molecule has 5 rings (SSSR count). The number of hydrogen-bond donors (Lipinski definition) is 2. The highest BCUT2D eigenvalue weighted by Gasteiger charge is 2.38. The SMILES string of the molecule is COc1ccc(CCn2c(O)c([C@@H]3c4c(cc5c(c4OC)OCO5)CCN3C)c(=O)[nH]c2=O)cc1OC. The number of aromatic hydroxyl groups is 1. The molecule has 0 aliphatic carbocycles. The Balaban J connectivity index is 1.58. The topological polar surface area (TPSA) is 124 Å². The smallest absolute Gasteiger partial charge is 0.331 e. The predicted molar refractivity (Wildman–Crippen MR) is 134 cm³/mol. The largest absolute Gasteiger partial charge is 0.494 e. The molecule has 3 aromatic rings. The molecule has 3 heterocycles. The summed E-state index contributed by atoms with van der Waals surface area (Å²) in [6.07, 6.45) is 1.09. The third-order valence-corrected chi connectivity index (χ3v) is 6.95. The molecule has 0 spiro atoms. The molecule has 0 amide bonds. The molecule has 1 atom stereocenters. The highest BCUT2D eigenvalue weighted by Crippen LogP contribution is 2.51. The number of hydrogen-bond acceptors (Lipinski definition) is 9. The van der Waals surface area contributed by atoms with Crippen molar-refractivity contribution in [2.45, 2.75) is 25.4 Å². The molecule has 2 aliphatic rings. The van der Waals surface area contributed by atoms with Gasteiger partial charge in [0.1, 0.15) is 0 Å². The fourth-order valence-corrected chi connectivity index (χ4v) is 5.10. The Labute approximate surface area is 212 Å². The van der Waals surface area contributed by atoms with E-state index in [2.05, 4.69) is 4.98 Å². The van der Waals surface area contributed by atoms with Gasteiger partial charge in [0, 0.05) is 18.7 Å². The van der Waals surface area contributed by atoms with E-state index in [1.165, 1.54) is 11.7 Å². The standard InChI is InChI=1S/C26H29N3O8/c1-28-9-8-15-12-18-22(37-13-36-18)23(35-4)19(15)21(28)20-24(30)27-26(32)29(25(20)31)10-7-14-5-6-16(33-2)17(11-14)34-3/h5-6,11-12,21,31H,7-10,13H2,1-4H3,(H,27,30,32)/t21-/m0/s1. The number of methoxy groups -OCH3 is 3. The van der Waals surface area contributed by atoms with Crippen LogP contribution in [0.3, 0.4) is 0 Å². The van der Waals surface area contributed by atoms with Crippen LogP contribution in [0.1, 0.15) is 28.3 Å². The Bertz CT molecular complexity index is 1460. The van der Waals surface area contributed by atoms with Gasteiger partial charge in [0.25, 0.3) is 5.56 Å². The van der Waals surface area contributed by atoms with Gasteiger partial charge < -0.3 is 28.8 Å². The highest BCUT2D eigenvalue weighted by atomic mass is 16.7. The van der Waals surface area contributed by atoms with Crippen molar-refractivity contribution in [2.75, 3.05) is 41.7 Å². The maximum atomic E-state index is 13.1. The summed E-state index contributed by atoms with van der Waals surface area (Å²) >= 11 is 0. The molecule has 11 heteroatoms. The third-order valence-electron chi connectivity index (χ3n) is 6.95. The molecule has 2 aliphatic heterocycles. The second-order valence-corrected chi connectivity index (χ2v) is 8.94. The molecule has 1 aromatic heterocycles. The van der Waals surface area contributed by atoms with Crippen molar-refractivity contribution in [3.05, 3.63) is 67.4 Å². The summed E-state index contributed by atoms with van der Waals surface area (Å²) in [5, 5.41) is 11.3. The third kappa shape index (κ3) is 4.14. The lowest BCUT2D eigenvalue weighted by molar-refractivity contribution is 0.170. The summed E-state index contributed by atoms with van der Waals surface area (Å²) in [7, 11) is 6.48. The summed E-state index contributed by atoms with van der Waals surface area (Å²) in [5.74, 6) is 2.25. The summed E-state index contributed by atoms with van der Waals surface area (Å²) in [4.78, 5) is 30.3. The maximum absolute atomic E-state index is 13.1. The van der Waals surface area contributed by atoms with Crippen molar-refractivity contribution in [2.24, 2.45) is 0 Å². The zero-order chi connectivity index (χ0) is 26.3. The van der Waals surface area contributed by atoms with Crippen LogP contribution in [0.4, 0.5) is 0 Å². The van der Waals surface area contributed by atoms with Gasteiger partial charge in [-0.05, 0) is 49.2 Å². The van der Waals surface area contributed by atoms with Crippen molar-refractivity contribution in [3.63, 3.8) is 0 Å². The normalized spacial score (nSPS) is 16.4. The van der Waals surface area contributed by atoms with Crippen LogP contribution in [0.2, 0.25) is 0 Å². The predicted octanol–water partition coefficient (Wildman–Crippen LogP) is 1.82. The van der Waals surface area contributed by atoms with E-state index >= 15 is 0 Å². The summed E-state index contributed by atoms with van der Waals surface area (Å²) < 4.78 is 28.7. The van der Waals surface area contributed by atoms with Crippen molar-refractivity contribution in [3.8, 4) is 34.6 Å². The van der Waals surface area contributed by atoms with Gasteiger partial charge in [-0.2, -0.15) is 0 Å². The first kappa shape index (κ1) is 24.6. The average molecular weight is 512 g/mol. The van der Waals surface area contributed by atoms with Crippen LogP contribution in [0.25, 0.3) is 0 Å². The Morgan fingerprint density at radius 1 is 1.05 bits per heavy atom. The van der Waals surface area contributed by atoms with E-state index in [1.54, 1.807) is 20.3 Å². The van der Waals surface area contributed by atoms with Crippen molar-refractivity contribution < 1.29 is 28.8 Å². The molecule has 2 aromatic carbocycles. The molecule has 2 N–H and O–H groups in total. The lowest BCUT2D eigenvalue weighted by atomic mass is 9.87. The second-order valence-electron chi connectivity index (χ2n) is 8.94. The van der Waals surface area contributed by atoms with Crippen LogP contribution >= 0.6 is 0 Å². The van der Waals surface area contributed by atoms with Gasteiger partial charge in [0.15, 0.2) is 23.0 Å². The monoisotopic (exact) mass is 511 g/mol. The zero-order valence-corrected chi connectivity index (χ0v) is 21.1. The van der Waals surface area contributed by atoms with Crippen LogP contribution in [-0.2, 0) is 19.4 Å². The first-order chi connectivity index (χ1) is 17.9. The Kier molecular flexibility index (Phi) is 6.46. The van der Waals surface area contributed by atoms with E-state index in [-0.39, 0.29) is 18.9 Å². The van der Waals surface area contributed by atoms with Crippen LogP contribution in [0.5, 0.6) is 34.6 Å².